The lowest BCUT2D eigenvalue weighted by molar-refractivity contribution is -0.157. The van der Waals surface area contributed by atoms with Crippen molar-refractivity contribution in [2.24, 2.45) is 0 Å². The highest BCUT2D eigenvalue weighted by molar-refractivity contribution is 6.42. The van der Waals surface area contributed by atoms with Gasteiger partial charge in [-0.15, -0.1) is 0 Å². The number of fused-ring (bicyclic) bond motifs is 2. The maximum atomic E-state index is 14.3. The van der Waals surface area contributed by atoms with Crippen molar-refractivity contribution in [3.8, 4) is 0 Å². The van der Waals surface area contributed by atoms with Gasteiger partial charge in [0.25, 0.3) is 0 Å². The van der Waals surface area contributed by atoms with E-state index >= 15 is 0 Å². The zero-order chi connectivity index (χ0) is 33.8. The number of urea groups is 1. The summed E-state index contributed by atoms with van der Waals surface area (Å²) in [6.07, 6.45) is 0.976. The molecule has 0 aromatic heterocycles. The van der Waals surface area contributed by atoms with Crippen molar-refractivity contribution >= 4 is 63.9 Å². The van der Waals surface area contributed by atoms with Crippen LogP contribution in [0.3, 0.4) is 0 Å². The maximum absolute atomic E-state index is 14.3. The average molecular weight is 688 g/mol. The van der Waals surface area contributed by atoms with Gasteiger partial charge in [0.2, 0.25) is 18.2 Å². The lowest BCUT2D eigenvalue weighted by Gasteiger charge is -2.46. The van der Waals surface area contributed by atoms with Crippen LogP contribution >= 0.6 is 23.2 Å². The standard InChI is InChI=1S/C36H36Cl2N6O4/c1-2-16-42(36(48)39-19-25-12-15-30(37)31(38)17-25)43-22-34(46)44-32(18-24-10-13-28(14-11-24)40-23-45)35(47)41(21-33(43)44)20-27-8-5-7-26-6-3-4-9-29(26)27/h3-15,17,23,32-33H,2,16,18-22H2,1H3,(H,39,48)(H,40,45)/t32-,33+/m0/s1. The van der Waals surface area contributed by atoms with Gasteiger partial charge < -0.3 is 20.4 Å². The molecule has 10 nitrogen and oxygen atoms in total. The van der Waals surface area contributed by atoms with Crippen molar-refractivity contribution in [1.29, 1.82) is 0 Å². The number of carbonyl (C=O) groups excluding carboxylic acids is 4. The fourth-order valence-corrected chi connectivity index (χ4v) is 6.85. The highest BCUT2D eigenvalue weighted by Gasteiger charge is 2.52. The fourth-order valence-electron chi connectivity index (χ4n) is 6.53. The molecule has 2 atom stereocenters. The number of rotatable bonds is 11. The van der Waals surface area contributed by atoms with Crippen LogP contribution in [0.15, 0.2) is 84.9 Å². The van der Waals surface area contributed by atoms with Gasteiger partial charge in [-0.25, -0.2) is 4.79 Å². The molecular weight excluding hydrogens is 651 g/mol. The van der Waals surface area contributed by atoms with Crippen molar-refractivity contribution in [1.82, 2.24) is 25.1 Å². The normalized spacial score (nSPS) is 17.8. The predicted octanol–water partition coefficient (Wildman–Crippen LogP) is 5.68. The number of amides is 5. The monoisotopic (exact) mass is 686 g/mol. The Morgan fingerprint density at radius 1 is 0.958 bits per heavy atom. The summed E-state index contributed by atoms with van der Waals surface area (Å²) < 4.78 is 0. The molecule has 2 saturated heterocycles. The molecule has 4 aromatic rings. The van der Waals surface area contributed by atoms with E-state index in [0.717, 1.165) is 27.5 Å². The van der Waals surface area contributed by atoms with Gasteiger partial charge in [-0.1, -0.05) is 90.8 Å². The smallest absolute Gasteiger partial charge is 0.332 e. The highest BCUT2D eigenvalue weighted by Crippen LogP contribution is 2.32. The Hall–Kier alpha value is -4.64. The third-order valence-corrected chi connectivity index (χ3v) is 9.56. The molecule has 5 amide bonds. The number of benzene rings is 4. The lowest BCUT2D eigenvalue weighted by Crippen LogP contribution is -2.66. The number of anilines is 1. The molecule has 2 heterocycles. The van der Waals surface area contributed by atoms with Crippen LogP contribution in [0.5, 0.6) is 0 Å². The SMILES string of the molecule is CCCN(C(=O)NCc1ccc(Cl)c(Cl)c1)N1CC(=O)N2[C@@H](Cc3ccc(NC=O)cc3)C(=O)N(Cc3cccc4ccccc34)C[C@@H]21. The molecule has 4 aromatic carbocycles. The van der Waals surface area contributed by atoms with Crippen molar-refractivity contribution in [3.63, 3.8) is 0 Å². The topological polar surface area (TPSA) is 105 Å². The summed E-state index contributed by atoms with van der Waals surface area (Å²) in [7, 11) is 0. The number of hydrazine groups is 1. The summed E-state index contributed by atoms with van der Waals surface area (Å²) in [5, 5.41) is 11.9. The Bertz CT molecular complexity index is 1830. The second kappa shape index (κ2) is 14.6. The van der Waals surface area contributed by atoms with Gasteiger partial charge in [-0.05, 0) is 58.1 Å². The van der Waals surface area contributed by atoms with Crippen LogP contribution in [0.25, 0.3) is 10.8 Å². The molecule has 248 valence electrons. The molecule has 0 bridgehead atoms. The first-order chi connectivity index (χ1) is 23.3. The Kier molecular flexibility index (Phi) is 10.1. The van der Waals surface area contributed by atoms with Crippen LogP contribution in [-0.4, -0.2) is 75.9 Å². The molecule has 0 aliphatic carbocycles. The van der Waals surface area contributed by atoms with Gasteiger partial charge in [0, 0.05) is 31.7 Å². The lowest BCUT2D eigenvalue weighted by atomic mass is 9.98. The molecule has 12 heteroatoms. The van der Waals surface area contributed by atoms with Crippen LogP contribution in [0.1, 0.15) is 30.0 Å². The minimum absolute atomic E-state index is 0.0427. The Labute approximate surface area is 289 Å². The van der Waals surface area contributed by atoms with E-state index in [9.17, 15) is 19.2 Å². The zero-order valence-corrected chi connectivity index (χ0v) is 28.0. The second-order valence-corrected chi connectivity index (χ2v) is 12.8. The van der Waals surface area contributed by atoms with Crippen LogP contribution < -0.4 is 10.6 Å². The van der Waals surface area contributed by atoms with Gasteiger partial charge >= 0.3 is 6.03 Å². The summed E-state index contributed by atoms with van der Waals surface area (Å²) in [6.45, 7) is 3.10. The molecule has 48 heavy (non-hydrogen) atoms. The minimum Gasteiger partial charge on any atom is -0.333 e. The summed E-state index contributed by atoms with van der Waals surface area (Å²) in [5.41, 5.74) is 3.25. The third kappa shape index (κ3) is 6.96. The van der Waals surface area contributed by atoms with E-state index in [-0.39, 0.29) is 43.9 Å². The number of nitrogens with one attached hydrogen (secondary N) is 2. The van der Waals surface area contributed by atoms with Gasteiger partial charge in [0.15, 0.2) is 0 Å². The first-order valence-electron chi connectivity index (χ1n) is 15.9. The van der Waals surface area contributed by atoms with Crippen molar-refractivity contribution in [2.75, 3.05) is 25.0 Å². The Balaban J connectivity index is 1.30. The van der Waals surface area contributed by atoms with E-state index in [0.29, 0.717) is 41.7 Å². The fraction of sp³-hybridized carbons (Fsp3) is 0.278. The Morgan fingerprint density at radius 2 is 1.71 bits per heavy atom. The molecule has 0 spiro atoms. The van der Waals surface area contributed by atoms with Crippen molar-refractivity contribution < 1.29 is 19.2 Å². The summed E-state index contributed by atoms with van der Waals surface area (Å²) >= 11 is 12.3. The van der Waals surface area contributed by atoms with Gasteiger partial charge in [0.05, 0.1) is 23.1 Å². The summed E-state index contributed by atoms with van der Waals surface area (Å²) in [5.74, 6) is -0.378. The minimum atomic E-state index is -0.788. The molecule has 2 aliphatic heterocycles. The largest absolute Gasteiger partial charge is 0.333 e. The van der Waals surface area contributed by atoms with Crippen molar-refractivity contribution in [2.45, 2.75) is 45.1 Å². The van der Waals surface area contributed by atoms with E-state index in [1.165, 1.54) is 0 Å². The predicted molar refractivity (Wildman–Crippen MR) is 186 cm³/mol. The quantitative estimate of drug-likeness (QED) is 0.198. The summed E-state index contributed by atoms with van der Waals surface area (Å²) in [4.78, 5) is 56.2. The first-order valence-corrected chi connectivity index (χ1v) is 16.6. The molecule has 0 unspecified atom stereocenters. The number of piperazine rings is 1. The number of hydrogen-bond acceptors (Lipinski definition) is 5. The molecule has 0 saturated carbocycles. The van der Waals surface area contributed by atoms with E-state index in [1.54, 1.807) is 50.1 Å². The molecular formula is C36H36Cl2N6O4. The van der Waals surface area contributed by atoms with Crippen LogP contribution in [0, 0.1) is 0 Å². The van der Waals surface area contributed by atoms with E-state index in [4.69, 9.17) is 23.2 Å². The number of carbonyl (C=O) groups is 4. The average Bonchev–Trinajstić information content (AvgIpc) is 3.41. The molecule has 2 aliphatic rings. The second-order valence-electron chi connectivity index (χ2n) is 11.9. The number of hydrogen-bond donors (Lipinski definition) is 2. The van der Waals surface area contributed by atoms with Crippen LogP contribution in [0.2, 0.25) is 10.0 Å². The van der Waals surface area contributed by atoms with Crippen molar-refractivity contribution in [3.05, 3.63) is 112 Å². The number of halogens is 2. The Morgan fingerprint density at radius 3 is 2.46 bits per heavy atom. The molecule has 2 N–H and O–H groups in total. The molecule has 2 fully saturated rings. The summed E-state index contributed by atoms with van der Waals surface area (Å²) in [6, 6.07) is 25.4. The van der Waals surface area contributed by atoms with Crippen LogP contribution in [0.4, 0.5) is 10.5 Å². The third-order valence-electron chi connectivity index (χ3n) is 8.82. The van der Waals surface area contributed by atoms with Gasteiger partial charge in [-0.2, -0.15) is 5.01 Å². The van der Waals surface area contributed by atoms with E-state index in [2.05, 4.69) is 10.6 Å². The number of nitrogens with zero attached hydrogens (tertiary/aromatic N) is 4. The zero-order valence-electron chi connectivity index (χ0n) is 26.4. The maximum Gasteiger partial charge on any atom is 0.332 e. The van der Waals surface area contributed by atoms with Gasteiger partial charge in [-0.3, -0.25) is 19.4 Å². The highest BCUT2D eigenvalue weighted by atomic mass is 35.5. The van der Waals surface area contributed by atoms with E-state index in [1.807, 2.05) is 61.5 Å². The molecule has 0 radical (unpaired) electrons. The van der Waals surface area contributed by atoms with Gasteiger partial charge in [0.1, 0.15) is 12.2 Å². The first kappa shape index (κ1) is 33.3. The van der Waals surface area contributed by atoms with Crippen LogP contribution in [-0.2, 0) is 33.9 Å². The molecule has 6 rings (SSSR count). The van der Waals surface area contributed by atoms with E-state index < -0.39 is 12.2 Å².